The first-order chi connectivity index (χ1) is 15.9. The van der Waals surface area contributed by atoms with Gasteiger partial charge in [0, 0.05) is 24.8 Å². The van der Waals surface area contributed by atoms with Crippen molar-refractivity contribution in [1.29, 1.82) is 5.26 Å². The molecule has 2 aliphatic heterocycles. The van der Waals surface area contributed by atoms with Crippen LogP contribution in [0.4, 0.5) is 20.4 Å². The number of hydrogen-bond acceptors (Lipinski definition) is 8. The zero-order valence-corrected chi connectivity index (χ0v) is 18.3. The monoisotopic (exact) mass is 461 g/mol. The molecule has 10 nitrogen and oxygen atoms in total. The minimum absolute atomic E-state index is 0.170. The van der Waals surface area contributed by atoms with Crippen LogP contribution in [0.5, 0.6) is 5.88 Å². The number of nitrogens with one attached hydrogen (secondary N) is 2. The van der Waals surface area contributed by atoms with Crippen LogP contribution in [-0.4, -0.2) is 63.7 Å². The van der Waals surface area contributed by atoms with Crippen LogP contribution >= 0.6 is 0 Å². The van der Waals surface area contributed by atoms with Crippen LogP contribution in [0.15, 0.2) is 18.5 Å². The molecule has 2 N–H and O–H groups in total. The molecule has 2 unspecified atom stereocenters. The molecule has 0 aliphatic carbocycles. The first-order valence-corrected chi connectivity index (χ1v) is 10.6. The molecule has 0 saturated carbocycles. The summed E-state index contributed by atoms with van der Waals surface area (Å²) in [7, 11) is 0. The molecule has 3 aromatic heterocycles. The Morgan fingerprint density at radius 2 is 2.15 bits per heavy atom. The maximum absolute atomic E-state index is 13.0. The zero-order valence-electron chi connectivity index (χ0n) is 18.3. The molecule has 2 saturated heterocycles. The second kappa shape index (κ2) is 10.1. The number of ether oxygens (including phenoxy) is 3. The largest absolute Gasteiger partial charge is 0.467 e. The number of anilines is 2. The van der Waals surface area contributed by atoms with E-state index in [2.05, 4.69) is 32.3 Å². The second-order valence-corrected chi connectivity index (χ2v) is 8.07. The summed E-state index contributed by atoms with van der Waals surface area (Å²) >= 11 is 0. The summed E-state index contributed by atoms with van der Waals surface area (Å²) in [5.74, 6) is 1.21. The lowest BCUT2D eigenvalue weighted by atomic mass is 10.2. The van der Waals surface area contributed by atoms with Gasteiger partial charge < -0.3 is 24.5 Å². The maximum atomic E-state index is 13.0. The molecule has 2 atom stereocenters. The van der Waals surface area contributed by atoms with E-state index in [4.69, 9.17) is 19.5 Å². The third kappa shape index (κ3) is 5.55. The Balaban J connectivity index is 0.000000376. The van der Waals surface area contributed by atoms with Gasteiger partial charge in [0.25, 0.3) is 12.3 Å². The molecule has 3 aromatic rings. The van der Waals surface area contributed by atoms with E-state index in [1.54, 1.807) is 12.3 Å². The Hall–Kier alpha value is -3.30. The molecule has 0 aromatic carbocycles. The van der Waals surface area contributed by atoms with E-state index in [1.807, 2.05) is 6.07 Å². The SMILES string of the molecule is CC(C(F)F)n1cc(Nc2ncc3cc(C#N)[nH]c3n2)c(OC2COC2)n1.CC1CCOC1. The standard InChI is InChI=1S/C16H15F2N7O2.C5H10O/c1-8(13(17)18)25-5-12(15(24-25)27-11-6-26-7-11)22-16-20-4-9-2-10(3-19)21-14(9)23-16;1-5-2-3-6-4-5/h2,4-5,8,11,13H,6-7H2,1H3,(H2,20,21,22,23);5H,2-4H2,1H3. The molecule has 5 rings (SSSR count). The van der Waals surface area contributed by atoms with Crippen molar-refractivity contribution in [1.82, 2.24) is 24.7 Å². The molecular weight excluding hydrogens is 436 g/mol. The number of fused-ring (bicyclic) bond motifs is 1. The van der Waals surface area contributed by atoms with Gasteiger partial charge in [-0.3, -0.25) is 4.68 Å². The van der Waals surface area contributed by atoms with Gasteiger partial charge in [-0.1, -0.05) is 6.92 Å². The van der Waals surface area contributed by atoms with Crippen LogP contribution in [0.1, 0.15) is 32.0 Å². The highest BCUT2D eigenvalue weighted by Crippen LogP contribution is 2.30. The van der Waals surface area contributed by atoms with Crippen molar-refractivity contribution in [3.63, 3.8) is 0 Å². The average Bonchev–Trinajstić information content (AvgIpc) is 3.50. The van der Waals surface area contributed by atoms with Crippen LogP contribution in [0, 0.1) is 17.2 Å². The summed E-state index contributed by atoms with van der Waals surface area (Å²) in [5, 5.41) is 16.7. The average molecular weight is 461 g/mol. The Bertz CT molecular complexity index is 1120. The first-order valence-electron chi connectivity index (χ1n) is 10.6. The van der Waals surface area contributed by atoms with E-state index in [-0.39, 0.29) is 17.9 Å². The maximum Gasteiger partial charge on any atom is 0.260 e. The highest BCUT2D eigenvalue weighted by Gasteiger charge is 2.26. The summed E-state index contributed by atoms with van der Waals surface area (Å²) < 4.78 is 43.0. The molecular formula is C21H25F2N7O3. The summed E-state index contributed by atoms with van der Waals surface area (Å²) in [6, 6.07) is 2.51. The van der Waals surface area contributed by atoms with Gasteiger partial charge in [0.1, 0.15) is 35.2 Å². The van der Waals surface area contributed by atoms with Crippen LogP contribution in [0.2, 0.25) is 0 Å². The molecule has 0 bridgehead atoms. The fourth-order valence-electron chi connectivity index (χ4n) is 3.12. The number of rotatable bonds is 6. The number of nitrogens with zero attached hydrogens (tertiary/aromatic N) is 5. The van der Waals surface area contributed by atoms with E-state index in [0.717, 1.165) is 23.8 Å². The van der Waals surface area contributed by atoms with Crippen molar-refractivity contribution in [2.45, 2.75) is 38.8 Å². The molecule has 0 radical (unpaired) electrons. The van der Waals surface area contributed by atoms with Crippen LogP contribution in [0.3, 0.4) is 0 Å². The van der Waals surface area contributed by atoms with Gasteiger partial charge in [0.2, 0.25) is 5.95 Å². The molecule has 2 fully saturated rings. The van der Waals surface area contributed by atoms with Gasteiger partial charge in [-0.2, -0.15) is 10.2 Å². The minimum atomic E-state index is -2.58. The lowest BCUT2D eigenvalue weighted by molar-refractivity contribution is -0.0814. The molecule has 5 heterocycles. The predicted octanol–water partition coefficient (Wildman–Crippen LogP) is 3.42. The number of aromatic amines is 1. The molecule has 0 amide bonds. The second-order valence-electron chi connectivity index (χ2n) is 8.07. The summed E-state index contributed by atoms with van der Waals surface area (Å²) in [6.45, 7) is 6.38. The third-order valence-electron chi connectivity index (χ3n) is 5.26. The van der Waals surface area contributed by atoms with E-state index in [1.165, 1.54) is 19.5 Å². The van der Waals surface area contributed by atoms with Crippen molar-refractivity contribution >= 4 is 22.7 Å². The third-order valence-corrected chi connectivity index (χ3v) is 5.26. The van der Waals surface area contributed by atoms with Gasteiger partial charge in [-0.25, -0.2) is 13.8 Å². The lowest BCUT2D eigenvalue weighted by Crippen LogP contribution is -2.38. The molecule has 33 heavy (non-hydrogen) atoms. The summed E-state index contributed by atoms with van der Waals surface area (Å²) in [6.07, 6.45) is 1.48. The molecule has 0 spiro atoms. The summed E-state index contributed by atoms with van der Waals surface area (Å²) in [5.41, 5.74) is 1.21. The number of H-pyrrole nitrogens is 1. The smallest absolute Gasteiger partial charge is 0.260 e. The van der Waals surface area contributed by atoms with E-state index in [9.17, 15) is 8.78 Å². The Kier molecular flexibility index (Phi) is 7.00. The van der Waals surface area contributed by atoms with Crippen molar-refractivity contribution in [3.8, 4) is 11.9 Å². The molecule has 2 aliphatic rings. The van der Waals surface area contributed by atoms with Crippen LogP contribution in [0.25, 0.3) is 11.0 Å². The van der Waals surface area contributed by atoms with E-state index < -0.39 is 12.5 Å². The molecule has 12 heteroatoms. The minimum Gasteiger partial charge on any atom is -0.467 e. The fourth-order valence-corrected chi connectivity index (χ4v) is 3.12. The quantitative estimate of drug-likeness (QED) is 0.573. The Morgan fingerprint density at radius 1 is 1.33 bits per heavy atom. The van der Waals surface area contributed by atoms with Crippen molar-refractivity contribution < 1.29 is 23.0 Å². The Labute approximate surface area is 188 Å². The number of aromatic nitrogens is 5. The molecule has 176 valence electrons. The van der Waals surface area contributed by atoms with Crippen molar-refractivity contribution in [2.75, 3.05) is 31.7 Å². The van der Waals surface area contributed by atoms with Gasteiger partial charge in [0.05, 0.1) is 19.4 Å². The van der Waals surface area contributed by atoms with E-state index in [0.29, 0.717) is 35.6 Å². The number of nitriles is 1. The number of hydrogen-bond donors (Lipinski definition) is 2. The zero-order chi connectivity index (χ0) is 23.4. The van der Waals surface area contributed by atoms with Crippen LogP contribution in [-0.2, 0) is 9.47 Å². The van der Waals surface area contributed by atoms with Gasteiger partial charge >= 0.3 is 0 Å². The van der Waals surface area contributed by atoms with Crippen LogP contribution < -0.4 is 10.1 Å². The van der Waals surface area contributed by atoms with Crippen molar-refractivity contribution in [3.05, 3.63) is 24.2 Å². The predicted molar refractivity (Wildman–Crippen MR) is 115 cm³/mol. The van der Waals surface area contributed by atoms with Gasteiger partial charge in [-0.05, 0) is 25.3 Å². The van der Waals surface area contributed by atoms with Gasteiger partial charge in [-0.15, -0.1) is 5.10 Å². The fraction of sp³-hybridized carbons (Fsp3) is 0.524. The topological polar surface area (TPSA) is 123 Å². The first kappa shape index (κ1) is 22.9. The lowest BCUT2D eigenvalue weighted by Gasteiger charge is -2.25. The van der Waals surface area contributed by atoms with E-state index >= 15 is 0 Å². The highest BCUT2D eigenvalue weighted by atomic mass is 19.3. The van der Waals surface area contributed by atoms with Gasteiger partial charge in [0.15, 0.2) is 0 Å². The number of halogens is 2. The number of alkyl halides is 2. The van der Waals surface area contributed by atoms with Crippen molar-refractivity contribution in [2.24, 2.45) is 5.92 Å². The normalized spacial score (nSPS) is 19.0. The summed E-state index contributed by atoms with van der Waals surface area (Å²) in [4.78, 5) is 11.3. The Morgan fingerprint density at radius 3 is 2.73 bits per heavy atom. The highest BCUT2D eigenvalue weighted by molar-refractivity contribution is 5.78.